The van der Waals surface area contributed by atoms with Gasteiger partial charge in [-0.25, -0.2) is 4.99 Å². The fourth-order valence-electron chi connectivity index (χ4n) is 2.49. The van der Waals surface area contributed by atoms with Crippen LogP contribution in [0.4, 0.5) is 5.69 Å². The summed E-state index contributed by atoms with van der Waals surface area (Å²) in [5.41, 5.74) is 8.80. The Morgan fingerprint density at radius 2 is 2.26 bits per heavy atom. The highest BCUT2D eigenvalue weighted by Gasteiger charge is 2.26. The van der Waals surface area contributed by atoms with Crippen LogP contribution in [0.5, 0.6) is 5.75 Å². The zero-order chi connectivity index (χ0) is 13.4. The number of azo groups is 1. The highest BCUT2D eigenvalue weighted by molar-refractivity contribution is 5.61. The summed E-state index contributed by atoms with van der Waals surface area (Å²) in [5, 5.41) is 7.80. The predicted octanol–water partition coefficient (Wildman–Crippen LogP) is 1.63. The van der Waals surface area contributed by atoms with Gasteiger partial charge in [-0.05, 0) is 25.7 Å². The van der Waals surface area contributed by atoms with Crippen LogP contribution < -0.4 is 10.5 Å². The molecule has 0 saturated carbocycles. The third kappa shape index (κ3) is 2.31. The van der Waals surface area contributed by atoms with Crippen molar-refractivity contribution in [3.05, 3.63) is 23.3 Å². The smallest absolute Gasteiger partial charge is 0.189 e. The maximum absolute atomic E-state index is 6.05. The monoisotopic (exact) mass is 259 g/mol. The minimum Gasteiger partial charge on any atom is -0.488 e. The molecule has 0 amide bonds. The zero-order valence-electron chi connectivity index (χ0n) is 11.1. The topological polar surface area (TPSA) is 75.6 Å². The van der Waals surface area contributed by atoms with Crippen molar-refractivity contribution in [2.45, 2.75) is 18.7 Å². The average Bonchev–Trinajstić information content (AvgIpc) is 2.94. The summed E-state index contributed by atoms with van der Waals surface area (Å²) < 4.78 is 5.90. The largest absolute Gasteiger partial charge is 0.488 e. The fraction of sp³-hybridized carbons (Fsp3) is 0.462. The maximum Gasteiger partial charge on any atom is 0.189 e. The van der Waals surface area contributed by atoms with Crippen molar-refractivity contribution in [2.75, 3.05) is 26.4 Å². The quantitative estimate of drug-likeness (QED) is 0.838. The molecule has 1 aromatic carbocycles. The van der Waals surface area contributed by atoms with E-state index in [1.165, 1.54) is 11.9 Å². The molecule has 6 nitrogen and oxygen atoms in total. The van der Waals surface area contributed by atoms with Gasteiger partial charge in [0.25, 0.3) is 0 Å². The number of benzene rings is 1. The average molecular weight is 259 g/mol. The number of hydrogen-bond donors (Lipinski definition) is 1. The van der Waals surface area contributed by atoms with Gasteiger partial charge < -0.3 is 15.4 Å². The summed E-state index contributed by atoms with van der Waals surface area (Å²) in [4.78, 5) is 6.29. The lowest BCUT2D eigenvalue weighted by Crippen LogP contribution is -2.29. The number of rotatable bonds is 3. The van der Waals surface area contributed by atoms with E-state index in [4.69, 9.17) is 10.5 Å². The van der Waals surface area contributed by atoms with E-state index in [-0.39, 0.29) is 12.3 Å². The second-order valence-electron chi connectivity index (χ2n) is 5.16. The Morgan fingerprint density at radius 1 is 1.42 bits per heavy atom. The van der Waals surface area contributed by atoms with E-state index in [0.717, 1.165) is 24.3 Å². The highest BCUT2D eigenvalue weighted by Crippen LogP contribution is 2.37. The van der Waals surface area contributed by atoms with Crippen molar-refractivity contribution < 1.29 is 4.74 Å². The normalized spacial score (nSPS) is 23.9. The molecule has 1 aromatic rings. The number of fused-ring (bicyclic) bond motifs is 1. The van der Waals surface area contributed by atoms with Crippen LogP contribution in [0.1, 0.15) is 17.3 Å². The SMILES string of the molecule is CN(C)CC1Cc2cc(C3N=CN=N3)c(N)cc2O1. The van der Waals surface area contributed by atoms with Crippen molar-refractivity contribution >= 4 is 12.0 Å². The number of anilines is 1. The number of nitrogens with zero attached hydrogens (tertiary/aromatic N) is 4. The molecule has 0 aromatic heterocycles. The van der Waals surface area contributed by atoms with E-state index in [0.29, 0.717) is 5.69 Å². The Balaban J connectivity index is 1.86. The molecule has 0 saturated heterocycles. The second-order valence-corrected chi connectivity index (χ2v) is 5.16. The molecule has 0 bridgehead atoms. The van der Waals surface area contributed by atoms with Gasteiger partial charge in [0.1, 0.15) is 18.2 Å². The standard InChI is InChI=1S/C13H17N5O/c1-18(2)6-9-3-8-4-10(13-15-7-16-17-13)11(14)5-12(8)19-9/h4-5,7,9,13H,3,6,14H2,1-2H3. The Bertz CT molecular complexity index is 540. The lowest BCUT2D eigenvalue weighted by atomic mass is 10.0. The molecule has 0 radical (unpaired) electrons. The van der Waals surface area contributed by atoms with Gasteiger partial charge in [0.2, 0.25) is 0 Å². The maximum atomic E-state index is 6.05. The van der Waals surface area contributed by atoms with Gasteiger partial charge in [0, 0.05) is 30.3 Å². The van der Waals surface area contributed by atoms with Crippen LogP contribution in [0.25, 0.3) is 0 Å². The van der Waals surface area contributed by atoms with Crippen LogP contribution in [0.3, 0.4) is 0 Å². The summed E-state index contributed by atoms with van der Waals surface area (Å²) in [6, 6.07) is 3.93. The molecule has 6 heteroatoms. The summed E-state index contributed by atoms with van der Waals surface area (Å²) in [5.74, 6) is 0.881. The molecule has 2 aliphatic heterocycles. The molecule has 3 rings (SSSR count). The predicted molar refractivity (Wildman–Crippen MR) is 73.6 cm³/mol. The first-order valence-electron chi connectivity index (χ1n) is 6.29. The number of nitrogens with two attached hydrogens (primary N) is 1. The molecule has 0 spiro atoms. The lowest BCUT2D eigenvalue weighted by Gasteiger charge is -2.15. The molecule has 0 aliphatic carbocycles. The van der Waals surface area contributed by atoms with Gasteiger partial charge in [-0.1, -0.05) is 0 Å². The van der Waals surface area contributed by atoms with Crippen molar-refractivity contribution in [1.29, 1.82) is 0 Å². The van der Waals surface area contributed by atoms with Crippen molar-refractivity contribution in [3.8, 4) is 5.75 Å². The van der Waals surface area contributed by atoms with Crippen LogP contribution in [0, 0.1) is 0 Å². The number of nitrogen functional groups attached to an aromatic ring is 1. The minimum atomic E-state index is -0.293. The van der Waals surface area contributed by atoms with Crippen LogP contribution in [0.15, 0.2) is 27.4 Å². The molecule has 2 N–H and O–H groups in total. The van der Waals surface area contributed by atoms with Gasteiger partial charge in [-0.3, -0.25) is 0 Å². The van der Waals surface area contributed by atoms with Crippen molar-refractivity contribution in [3.63, 3.8) is 0 Å². The summed E-state index contributed by atoms with van der Waals surface area (Å²) >= 11 is 0. The molecule has 100 valence electrons. The Kier molecular flexibility index (Phi) is 2.94. The van der Waals surface area contributed by atoms with E-state index in [1.807, 2.05) is 26.2 Å². The molecule has 2 unspecified atom stereocenters. The number of aliphatic imine (C=N–C) groups is 1. The van der Waals surface area contributed by atoms with E-state index in [2.05, 4.69) is 20.1 Å². The van der Waals surface area contributed by atoms with Gasteiger partial charge in [0.15, 0.2) is 6.17 Å². The first-order chi connectivity index (χ1) is 9.13. The van der Waals surface area contributed by atoms with Crippen LogP contribution >= 0.6 is 0 Å². The van der Waals surface area contributed by atoms with E-state index in [9.17, 15) is 0 Å². The number of ether oxygens (including phenoxy) is 1. The van der Waals surface area contributed by atoms with Crippen molar-refractivity contribution in [2.24, 2.45) is 15.2 Å². The molecule has 0 fully saturated rings. The Labute approximate surface area is 112 Å². The molecule has 2 atom stereocenters. The minimum absolute atomic E-state index is 0.188. The molecule has 19 heavy (non-hydrogen) atoms. The van der Waals surface area contributed by atoms with E-state index >= 15 is 0 Å². The summed E-state index contributed by atoms with van der Waals surface area (Å²) in [7, 11) is 4.08. The van der Waals surface area contributed by atoms with Crippen LogP contribution in [-0.2, 0) is 6.42 Å². The first-order valence-corrected chi connectivity index (χ1v) is 6.29. The Morgan fingerprint density at radius 3 is 2.95 bits per heavy atom. The Hall–Kier alpha value is -1.95. The molecular formula is C13H17N5O. The summed E-state index contributed by atoms with van der Waals surface area (Å²) in [6.45, 7) is 0.894. The third-order valence-electron chi connectivity index (χ3n) is 3.29. The zero-order valence-corrected chi connectivity index (χ0v) is 11.1. The van der Waals surface area contributed by atoms with E-state index in [1.54, 1.807) is 0 Å². The fourth-order valence-corrected chi connectivity index (χ4v) is 2.49. The van der Waals surface area contributed by atoms with Gasteiger partial charge in [0.05, 0.1) is 0 Å². The first kappa shape index (κ1) is 12.1. The van der Waals surface area contributed by atoms with Gasteiger partial charge >= 0.3 is 0 Å². The third-order valence-corrected chi connectivity index (χ3v) is 3.29. The van der Waals surface area contributed by atoms with Crippen LogP contribution in [-0.4, -0.2) is 38.0 Å². The van der Waals surface area contributed by atoms with Gasteiger partial charge in [-0.2, -0.15) is 5.11 Å². The number of hydrogen-bond acceptors (Lipinski definition) is 6. The lowest BCUT2D eigenvalue weighted by molar-refractivity contribution is 0.184. The second kappa shape index (κ2) is 4.62. The van der Waals surface area contributed by atoms with Gasteiger partial charge in [-0.15, -0.1) is 5.11 Å². The van der Waals surface area contributed by atoms with Crippen LogP contribution in [0.2, 0.25) is 0 Å². The molecule has 2 aliphatic rings. The molecule has 2 heterocycles. The van der Waals surface area contributed by atoms with Crippen molar-refractivity contribution in [1.82, 2.24) is 4.90 Å². The van der Waals surface area contributed by atoms with E-state index < -0.39 is 0 Å². The summed E-state index contributed by atoms with van der Waals surface area (Å²) in [6.07, 6.45) is 2.25. The highest BCUT2D eigenvalue weighted by atomic mass is 16.5. The number of likely N-dealkylation sites (N-methyl/N-ethyl adjacent to an activating group) is 1. The molecular weight excluding hydrogens is 242 g/mol.